The molecule has 1 N–H and O–H groups in total. The third-order valence-corrected chi connectivity index (χ3v) is 4.41. The Morgan fingerprint density at radius 2 is 1.95 bits per heavy atom. The van der Waals surface area contributed by atoms with Crippen molar-refractivity contribution in [1.29, 1.82) is 0 Å². The maximum absolute atomic E-state index is 5.97. The Labute approximate surface area is 120 Å². The maximum Gasteiger partial charge on any atom is 0.0699 e. The summed E-state index contributed by atoms with van der Waals surface area (Å²) in [7, 11) is 0. The second-order valence-electron chi connectivity index (χ2n) is 5.76. The van der Waals surface area contributed by atoms with E-state index in [1.807, 2.05) is 12.1 Å². The zero-order valence-corrected chi connectivity index (χ0v) is 12.0. The molecule has 0 bridgehead atoms. The van der Waals surface area contributed by atoms with Crippen molar-refractivity contribution >= 4 is 11.6 Å². The summed E-state index contributed by atoms with van der Waals surface area (Å²) in [6, 6.07) is 8.76. The van der Waals surface area contributed by atoms with Gasteiger partial charge < -0.3 is 10.1 Å². The summed E-state index contributed by atoms with van der Waals surface area (Å²) in [4.78, 5) is 0. The molecule has 1 saturated heterocycles. The van der Waals surface area contributed by atoms with Crippen LogP contribution in [-0.2, 0) is 4.74 Å². The fraction of sp³-hybridized carbons (Fsp3) is 0.625. The fourth-order valence-electron chi connectivity index (χ4n) is 2.88. The van der Waals surface area contributed by atoms with E-state index in [1.54, 1.807) is 0 Å². The molecule has 1 aliphatic carbocycles. The Hall–Kier alpha value is -0.570. The molecule has 3 heteroatoms. The third-order valence-electron chi connectivity index (χ3n) is 4.16. The largest absolute Gasteiger partial charge is 0.377 e. The zero-order valence-electron chi connectivity index (χ0n) is 11.3. The monoisotopic (exact) mass is 279 g/mol. The molecule has 104 valence electrons. The Kier molecular flexibility index (Phi) is 4.42. The van der Waals surface area contributed by atoms with Crippen LogP contribution >= 0.6 is 11.6 Å². The van der Waals surface area contributed by atoms with Crippen LogP contribution in [0, 0.1) is 5.92 Å². The Balaban J connectivity index is 1.59. The average molecular weight is 280 g/mol. The zero-order chi connectivity index (χ0) is 13.1. The highest BCUT2D eigenvalue weighted by molar-refractivity contribution is 6.30. The van der Waals surface area contributed by atoms with Crippen LogP contribution < -0.4 is 5.32 Å². The van der Waals surface area contributed by atoms with Crippen molar-refractivity contribution in [1.82, 2.24) is 5.32 Å². The second-order valence-corrected chi connectivity index (χ2v) is 6.20. The van der Waals surface area contributed by atoms with E-state index < -0.39 is 0 Å². The summed E-state index contributed by atoms with van der Waals surface area (Å²) in [5, 5.41) is 4.53. The lowest BCUT2D eigenvalue weighted by Crippen LogP contribution is -2.34. The van der Waals surface area contributed by atoms with Gasteiger partial charge in [-0.15, -0.1) is 0 Å². The van der Waals surface area contributed by atoms with E-state index in [1.165, 1.54) is 37.7 Å². The topological polar surface area (TPSA) is 21.3 Å². The molecular formula is C16H22ClNO. The van der Waals surface area contributed by atoms with Gasteiger partial charge in [-0.3, -0.25) is 0 Å². The van der Waals surface area contributed by atoms with Crippen LogP contribution in [0.3, 0.4) is 0 Å². The van der Waals surface area contributed by atoms with Crippen LogP contribution in [0.5, 0.6) is 0 Å². The van der Waals surface area contributed by atoms with Crippen molar-refractivity contribution < 1.29 is 4.74 Å². The molecule has 1 saturated carbocycles. The van der Waals surface area contributed by atoms with E-state index in [4.69, 9.17) is 16.3 Å². The van der Waals surface area contributed by atoms with Crippen molar-refractivity contribution in [2.75, 3.05) is 13.2 Å². The minimum Gasteiger partial charge on any atom is -0.377 e. The van der Waals surface area contributed by atoms with Gasteiger partial charge in [0, 0.05) is 24.2 Å². The molecule has 1 heterocycles. The fourth-order valence-corrected chi connectivity index (χ4v) is 3.01. The van der Waals surface area contributed by atoms with Gasteiger partial charge in [-0.2, -0.15) is 0 Å². The van der Waals surface area contributed by atoms with Crippen molar-refractivity contribution in [3.05, 3.63) is 34.9 Å². The third kappa shape index (κ3) is 3.71. The van der Waals surface area contributed by atoms with Gasteiger partial charge in [0.05, 0.1) is 6.10 Å². The van der Waals surface area contributed by atoms with Crippen LogP contribution in [0.1, 0.15) is 43.7 Å². The van der Waals surface area contributed by atoms with Gasteiger partial charge in [0.2, 0.25) is 0 Å². The van der Waals surface area contributed by atoms with E-state index in [-0.39, 0.29) is 0 Å². The number of ether oxygens (including phenoxy) is 1. The van der Waals surface area contributed by atoms with E-state index in [0.717, 1.165) is 24.1 Å². The molecule has 3 rings (SSSR count). The number of benzene rings is 1. The van der Waals surface area contributed by atoms with Gasteiger partial charge in [-0.05, 0) is 55.7 Å². The van der Waals surface area contributed by atoms with Crippen molar-refractivity contribution in [2.45, 2.75) is 44.2 Å². The van der Waals surface area contributed by atoms with Crippen LogP contribution in [0.2, 0.25) is 5.02 Å². The predicted octanol–water partition coefficient (Wildman–Crippen LogP) is 3.95. The summed E-state index contributed by atoms with van der Waals surface area (Å²) in [6.07, 6.45) is 6.81. The van der Waals surface area contributed by atoms with E-state index in [9.17, 15) is 0 Å². The molecule has 2 nitrogen and oxygen atoms in total. The van der Waals surface area contributed by atoms with Gasteiger partial charge >= 0.3 is 0 Å². The SMILES string of the molecule is Clc1ccc(C(NCC2CCCCO2)C2CC2)cc1. The highest BCUT2D eigenvalue weighted by Crippen LogP contribution is 2.41. The number of hydrogen-bond acceptors (Lipinski definition) is 2. The van der Waals surface area contributed by atoms with E-state index >= 15 is 0 Å². The lowest BCUT2D eigenvalue weighted by molar-refractivity contribution is 0.0149. The van der Waals surface area contributed by atoms with E-state index in [0.29, 0.717) is 12.1 Å². The molecule has 1 aromatic rings. The van der Waals surface area contributed by atoms with Gasteiger partial charge in [0.1, 0.15) is 0 Å². The average Bonchev–Trinajstić information content (AvgIpc) is 3.27. The normalized spacial score (nSPS) is 25.2. The molecule has 19 heavy (non-hydrogen) atoms. The first-order chi connectivity index (χ1) is 9.33. The first-order valence-corrected chi connectivity index (χ1v) is 7.81. The molecule has 2 aliphatic rings. The maximum atomic E-state index is 5.97. The number of halogens is 1. The molecule has 0 radical (unpaired) electrons. The lowest BCUT2D eigenvalue weighted by atomic mass is 10.0. The molecule has 2 atom stereocenters. The first kappa shape index (κ1) is 13.4. The van der Waals surface area contributed by atoms with Crippen LogP contribution in [0.4, 0.5) is 0 Å². The molecule has 2 fully saturated rings. The Bertz CT molecular complexity index is 396. The lowest BCUT2D eigenvalue weighted by Gasteiger charge is -2.26. The standard InChI is InChI=1S/C16H22ClNO/c17-14-8-6-13(7-9-14)16(12-4-5-12)18-11-15-3-1-2-10-19-15/h6-9,12,15-16,18H,1-5,10-11H2. The van der Waals surface area contributed by atoms with E-state index in [2.05, 4.69) is 17.4 Å². The van der Waals surface area contributed by atoms with Gasteiger partial charge in [-0.1, -0.05) is 23.7 Å². The summed E-state index contributed by atoms with van der Waals surface area (Å²) in [6.45, 7) is 1.91. The van der Waals surface area contributed by atoms with Gasteiger partial charge in [0.15, 0.2) is 0 Å². The molecule has 2 unspecified atom stereocenters. The summed E-state index contributed by atoms with van der Waals surface area (Å²) < 4.78 is 5.80. The van der Waals surface area contributed by atoms with Crippen molar-refractivity contribution in [3.63, 3.8) is 0 Å². The summed E-state index contributed by atoms with van der Waals surface area (Å²) >= 11 is 5.97. The predicted molar refractivity (Wildman–Crippen MR) is 78.5 cm³/mol. The number of nitrogens with one attached hydrogen (secondary N) is 1. The van der Waals surface area contributed by atoms with Crippen LogP contribution in [-0.4, -0.2) is 19.3 Å². The molecule has 1 aromatic carbocycles. The quantitative estimate of drug-likeness (QED) is 0.881. The van der Waals surface area contributed by atoms with Crippen molar-refractivity contribution in [3.8, 4) is 0 Å². The van der Waals surface area contributed by atoms with Gasteiger partial charge in [-0.25, -0.2) is 0 Å². The Morgan fingerprint density at radius 1 is 1.16 bits per heavy atom. The smallest absolute Gasteiger partial charge is 0.0699 e. The molecule has 0 spiro atoms. The first-order valence-electron chi connectivity index (χ1n) is 7.43. The minimum absolute atomic E-state index is 0.405. The minimum atomic E-state index is 0.405. The van der Waals surface area contributed by atoms with Crippen LogP contribution in [0.15, 0.2) is 24.3 Å². The molecule has 0 amide bonds. The summed E-state index contributed by atoms with van der Waals surface area (Å²) in [5.74, 6) is 0.796. The molecular weight excluding hydrogens is 258 g/mol. The van der Waals surface area contributed by atoms with Gasteiger partial charge in [0.25, 0.3) is 0 Å². The highest BCUT2D eigenvalue weighted by atomic mass is 35.5. The van der Waals surface area contributed by atoms with Crippen molar-refractivity contribution in [2.24, 2.45) is 5.92 Å². The molecule has 1 aliphatic heterocycles. The summed E-state index contributed by atoms with van der Waals surface area (Å²) in [5.41, 5.74) is 1.36. The Morgan fingerprint density at radius 3 is 2.58 bits per heavy atom. The molecule has 0 aromatic heterocycles. The number of rotatable bonds is 5. The second kappa shape index (κ2) is 6.25. The highest BCUT2D eigenvalue weighted by Gasteiger charge is 2.32. The van der Waals surface area contributed by atoms with Crippen LogP contribution in [0.25, 0.3) is 0 Å². The number of hydrogen-bond donors (Lipinski definition) is 1.